The van der Waals surface area contributed by atoms with Crippen LogP contribution in [0.25, 0.3) is 0 Å². The first-order valence-corrected chi connectivity index (χ1v) is 6.24. The van der Waals surface area contributed by atoms with Crippen molar-refractivity contribution in [2.45, 2.75) is 32.2 Å². The van der Waals surface area contributed by atoms with E-state index in [0.29, 0.717) is 17.7 Å². The van der Waals surface area contributed by atoms with E-state index >= 15 is 0 Å². The van der Waals surface area contributed by atoms with Crippen LogP contribution in [0.15, 0.2) is 18.2 Å². The number of hydrogen-bond acceptors (Lipinski definition) is 4. The number of carbonyl (C=O) groups is 1. The van der Waals surface area contributed by atoms with Gasteiger partial charge in [0.05, 0.1) is 10.8 Å². The second kappa shape index (κ2) is 5.26. The van der Waals surface area contributed by atoms with E-state index in [0.717, 1.165) is 12.8 Å². The van der Waals surface area contributed by atoms with Gasteiger partial charge in [-0.15, -0.1) is 0 Å². The Balaban J connectivity index is 2.22. The van der Waals surface area contributed by atoms with Gasteiger partial charge in [0.2, 0.25) is 0 Å². The molecule has 1 saturated carbocycles. The lowest BCUT2D eigenvalue weighted by molar-refractivity contribution is -0.385. The molecular formula is C13H16N2O4. The van der Waals surface area contributed by atoms with Crippen LogP contribution in [-0.4, -0.2) is 22.0 Å². The number of nitro groups is 1. The molecule has 102 valence electrons. The van der Waals surface area contributed by atoms with E-state index in [1.54, 1.807) is 19.1 Å². The summed E-state index contributed by atoms with van der Waals surface area (Å²) in [5.74, 6) is -1.23. The molecule has 0 amide bonds. The summed E-state index contributed by atoms with van der Waals surface area (Å²) in [7, 11) is 0. The highest BCUT2D eigenvalue weighted by Gasteiger charge is 2.33. The van der Waals surface area contributed by atoms with Crippen LogP contribution in [0.1, 0.15) is 24.8 Å². The second-order valence-electron chi connectivity index (χ2n) is 4.83. The number of aliphatic carboxylic acids is 1. The summed E-state index contributed by atoms with van der Waals surface area (Å²) in [6.07, 6.45) is 2.29. The Morgan fingerprint density at radius 3 is 2.84 bits per heavy atom. The monoisotopic (exact) mass is 264 g/mol. The van der Waals surface area contributed by atoms with Crippen LogP contribution in [0.4, 0.5) is 11.4 Å². The number of carboxylic acid groups (broad SMARTS) is 1. The van der Waals surface area contributed by atoms with Gasteiger partial charge < -0.3 is 10.4 Å². The van der Waals surface area contributed by atoms with Gasteiger partial charge in [-0.1, -0.05) is 12.5 Å². The van der Waals surface area contributed by atoms with E-state index in [1.165, 1.54) is 6.07 Å². The van der Waals surface area contributed by atoms with E-state index in [-0.39, 0.29) is 11.7 Å². The van der Waals surface area contributed by atoms with E-state index < -0.39 is 16.8 Å². The molecule has 1 aromatic rings. The van der Waals surface area contributed by atoms with Gasteiger partial charge in [0, 0.05) is 23.4 Å². The maximum absolute atomic E-state index is 11.1. The molecule has 1 fully saturated rings. The molecule has 0 radical (unpaired) electrons. The van der Waals surface area contributed by atoms with Crippen molar-refractivity contribution in [1.82, 2.24) is 0 Å². The number of nitrogens with one attached hydrogen (secondary N) is 1. The Morgan fingerprint density at radius 1 is 1.47 bits per heavy atom. The van der Waals surface area contributed by atoms with Crippen molar-refractivity contribution < 1.29 is 14.8 Å². The van der Waals surface area contributed by atoms with Crippen molar-refractivity contribution in [2.24, 2.45) is 5.92 Å². The average Bonchev–Trinajstić information content (AvgIpc) is 2.79. The van der Waals surface area contributed by atoms with Crippen molar-refractivity contribution in [2.75, 3.05) is 5.32 Å². The molecule has 1 aliphatic carbocycles. The number of benzene rings is 1. The van der Waals surface area contributed by atoms with E-state index in [2.05, 4.69) is 5.32 Å². The first kappa shape index (κ1) is 13.3. The molecule has 2 unspecified atom stereocenters. The molecule has 0 aromatic heterocycles. The van der Waals surface area contributed by atoms with Crippen molar-refractivity contribution >= 4 is 17.3 Å². The van der Waals surface area contributed by atoms with Gasteiger partial charge in [-0.3, -0.25) is 14.9 Å². The number of nitrogens with zero attached hydrogens (tertiary/aromatic N) is 1. The van der Waals surface area contributed by atoms with Crippen molar-refractivity contribution in [1.29, 1.82) is 0 Å². The zero-order valence-electron chi connectivity index (χ0n) is 10.6. The van der Waals surface area contributed by atoms with Crippen molar-refractivity contribution in [3.63, 3.8) is 0 Å². The fraction of sp³-hybridized carbons (Fsp3) is 0.462. The summed E-state index contributed by atoms with van der Waals surface area (Å²) < 4.78 is 0. The highest BCUT2D eigenvalue weighted by atomic mass is 16.6. The number of anilines is 1. The molecule has 1 aromatic carbocycles. The van der Waals surface area contributed by atoms with Crippen LogP contribution < -0.4 is 5.32 Å². The lowest BCUT2D eigenvalue weighted by Crippen LogP contribution is -2.30. The third-order valence-electron chi connectivity index (χ3n) is 3.68. The van der Waals surface area contributed by atoms with E-state index in [4.69, 9.17) is 5.11 Å². The van der Waals surface area contributed by atoms with E-state index in [1.807, 2.05) is 0 Å². The third-order valence-corrected chi connectivity index (χ3v) is 3.68. The molecule has 2 rings (SSSR count). The first-order chi connectivity index (χ1) is 9.00. The fourth-order valence-electron chi connectivity index (χ4n) is 2.61. The molecule has 0 aliphatic heterocycles. The lowest BCUT2D eigenvalue weighted by Gasteiger charge is -2.20. The lowest BCUT2D eigenvalue weighted by atomic mass is 10.0. The minimum atomic E-state index is -0.807. The molecule has 0 heterocycles. The quantitative estimate of drug-likeness (QED) is 0.644. The molecule has 6 nitrogen and oxygen atoms in total. The predicted octanol–water partition coefficient (Wildman–Crippen LogP) is 2.57. The number of hydrogen-bond donors (Lipinski definition) is 2. The first-order valence-electron chi connectivity index (χ1n) is 6.24. The fourth-order valence-corrected chi connectivity index (χ4v) is 2.61. The molecular weight excluding hydrogens is 248 g/mol. The normalized spacial score (nSPS) is 22.2. The molecule has 0 spiro atoms. The minimum absolute atomic E-state index is 0.0508. The maximum atomic E-state index is 11.1. The van der Waals surface area contributed by atoms with Gasteiger partial charge in [-0.2, -0.15) is 0 Å². The summed E-state index contributed by atoms with van der Waals surface area (Å²) in [6, 6.07) is 4.65. The van der Waals surface area contributed by atoms with Crippen molar-refractivity contribution in [3.05, 3.63) is 33.9 Å². The molecule has 0 saturated heterocycles. The number of carboxylic acids is 1. The molecule has 6 heteroatoms. The van der Waals surface area contributed by atoms with Gasteiger partial charge >= 0.3 is 5.97 Å². The zero-order chi connectivity index (χ0) is 14.0. The van der Waals surface area contributed by atoms with Crippen LogP contribution in [0, 0.1) is 23.0 Å². The summed E-state index contributed by atoms with van der Waals surface area (Å²) in [5.41, 5.74) is 1.24. The van der Waals surface area contributed by atoms with Gasteiger partial charge in [0.15, 0.2) is 0 Å². The van der Waals surface area contributed by atoms with Crippen LogP contribution in [0.3, 0.4) is 0 Å². The third kappa shape index (κ3) is 2.67. The van der Waals surface area contributed by atoms with Gasteiger partial charge in [0.1, 0.15) is 0 Å². The van der Waals surface area contributed by atoms with E-state index in [9.17, 15) is 14.9 Å². The summed E-state index contributed by atoms with van der Waals surface area (Å²) in [4.78, 5) is 21.6. The Hall–Kier alpha value is -2.11. The Kier molecular flexibility index (Phi) is 3.69. The summed E-state index contributed by atoms with van der Waals surface area (Å²) >= 11 is 0. The van der Waals surface area contributed by atoms with Crippen molar-refractivity contribution in [3.8, 4) is 0 Å². The number of nitro benzene ring substituents is 1. The average molecular weight is 264 g/mol. The highest BCUT2D eigenvalue weighted by molar-refractivity contribution is 5.72. The number of rotatable bonds is 4. The molecule has 19 heavy (non-hydrogen) atoms. The molecule has 2 N–H and O–H groups in total. The van der Waals surface area contributed by atoms with Crippen LogP contribution in [0.5, 0.6) is 0 Å². The second-order valence-corrected chi connectivity index (χ2v) is 4.83. The molecule has 0 bridgehead atoms. The van der Waals surface area contributed by atoms with Crippen LogP contribution >= 0.6 is 0 Å². The van der Waals surface area contributed by atoms with Gasteiger partial charge in [-0.05, 0) is 25.8 Å². The zero-order valence-corrected chi connectivity index (χ0v) is 10.6. The SMILES string of the molecule is Cc1c(NC2CCCC2C(=O)O)cccc1[N+](=O)[O-]. The Bertz CT molecular complexity index is 515. The predicted molar refractivity (Wildman–Crippen MR) is 70.2 cm³/mol. The van der Waals surface area contributed by atoms with Gasteiger partial charge in [0.25, 0.3) is 5.69 Å². The Labute approximate surface area is 110 Å². The Morgan fingerprint density at radius 2 is 2.21 bits per heavy atom. The maximum Gasteiger partial charge on any atom is 0.308 e. The minimum Gasteiger partial charge on any atom is -0.481 e. The summed E-state index contributed by atoms with van der Waals surface area (Å²) in [5, 5.41) is 23.1. The summed E-state index contributed by atoms with van der Waals surface area (Å²) in [6.45, 7) is 1.67. The van der Waals surface area contributed by atoms with Crippen LogP contribution in [0.2, 0.25) is 0 Å². The smallest absolute Gasteiger partial charge is 0.308 e. The largest absolute Gasteiger partial charge is 0.481 e. The molecule has 1 aliphatic rings. The standard InChI is InChI=1S/C13H16N2O4/c1-8-10(5-3-7-12(8)15(18)19)14-11-6-2-4-9(11)13(16)17/h3,5,7,9,11,14H,2,4,6H2,1H3,(H,16,17). The highest BCUT2D eigenvalue weighted by Crippen LogP contribution is 2.32. The topological polar surface area (TPSA) is 92.5 Å². The molecule has 2 atom stereocenters. The van der Waals surface area contributed by atoms with Gasteiger partial charge in [-0.25, -0.2) is 0 Å². The van der Waals surface area contributed by atoms with Crippen LogP contribution in [-0.2, 0) is 4.79 Å².